The molecule has 15 heavy (non-hydrogen) atoms. The van der Waals surface area contributed by atoms with Crippen LogP contribution < -0.4 is 10.1 Å². The van der Waals surface area contributed by atoms with Crippen LogP contribution in [0.25, 0.3) is 0 Å². The van der Waals surface area contributed by atoms with Gasteiger partial charge in [0, 0.05) is 6.04 Å². The zero-order valence-corrected chi connectivity index (χ0v) is 8.66. The molecule has 0 amide bonds. The molecule has 1 heterocycles. The van der Waals surface area contributed by atoms with Crippen molar-refractivity contribution < 1.29 is 4.74 Å². The van der Waals surface area contributed by atoms with Gasteiger partial charge in [0.05, 0.1) is 18.9 Å². The summed E-state index contributed by atoms with van der Waals surface area (Å²) in [5.41, 5.74) is 0.683. The van der Waals surface area contributed by atoms with E-state index in [0.29, 0.717) is 23.4 Å². The minimum absolute atomic E-state index is 0.343. The van der Waals surface area contributed by atoms with Crippen molar-refractivity contribution in [1.82, 2.24) is 9.97 Å². The Morgan fingerprint density at radius 2 is 2.40 bits per heavy atom. The van der Waals surface area contributed by atoms with E-state index in [1.165, 1.54) is 26.4 Å². The molecule has 1 aliphatic carbocycles. The van der Waals surface area contributed by atoms with Gasteiger partial charge in [-0.25, -0.2) is 4.98 Å². The monoisotopic (exact) mass is 203 g/mol. The molecule has 0 aliphatic heterocycles. The number of anilines is 1. The summed E-state index contributed by atoms with van der Waals surface area (Å²) in [7, 11) is 1.54. The summed E-state index contributed by atoms with van der Waals surface area (Å²) in [6.45, 7) is 0. The second-order valence-electron chi connectivity index (χ2n) is 3.54. The number of rotatable bonds is 3. The summed E-state index contributed by atoms with van der Waals surface area (Å²) in [5, 5.41) is 3.30. The SMILES string of the molecule is C#Cc1cnc(OC)nc1NC1CCC1. The summed E-state index contributed by atoms with van der Waals surface area (Å²) in [6.07, 6.45) is 10.6. The normalized spacial score (nSPS) is 15.2. The van der Waals surface area contributed by atoms with E-state index in [1.807, 2.05) is 0 Å². The predicted octanol–water partition coefficient (Wildman–Crippen LogP) is 1.43. The molecular weight excluding hydrogens is 190 g/mol. The number of hydrogen-bond acceptors (Lipinski definition) is 4. The predicted molar refractivity (Wildman–Crippen MR) is 57.8 cm³/mol. The van der Waals surface area contributed by atoms with Crippen LogP contribution in [-0.4, -0.2) is 23.1 Å². The topological polar surface area (TPSA) is 47.0 Å². The Kier molecular flexibility index (Phi) is 2.72. The molecule has 1 N–H and O–H groups in total. The summed E-state index contributed by atoms with van der Waals surface area (Å²) >= 11 is 0. The lowest BCUT2D eigenvalue weighted by atomic mass is 9.93. The molecule has 4 heteroatoms. The third-order valence-corrected chi connectivity index (χ3v) is 2.55. The van der Waals surface area contributed by atoms with Gasteiger partial charge in [-0.2, -0.15) is 4.98 Å². The van der Waals surface area contributed by atoms with Crippen LogP contribution >= 0.6 is 0 Å². The Morgan fingerprint density at radius 3 is 2.93 bits per heavy atom. The number of nitrogens with zero attached hydrogens (tertiary/aromatic N) is 2. The van der Waals surface area contributed by atoms with Gasteiger partial charge in [-0.1, -0.05) is 5.92 Å². The fourth-order valence-electron chi connectivity index (χ4n) is 1.43. The average Bonchev–Trinajstić information content (AvgIpc) is 2.23. The third-order valence-electron chi connectivity index (χ3n) is 2.55. The molecule has 1 aliphatic rings. The van der Waals surface area contributed by atoms with Crippen LogP contribution in [0, 0.1) is 12.3 Å². The minimum Gasteiger partial charge on any atom is -0.467 e. The molecule has 1 saturated carbocycles. The fraction of sp³-hybridized carbons (Fsp3) is 0.455. The standard InChI is InChI=1S/C11H13N3O/c1-3-8-7-12-11(15-2)14-10(8)13-9-5-4-6-9/h1,7,9H,4-6H2,2H3,(H,12,13,14). The van der Waals surface area contributed by atoms with Crippen molar-refractivity contribution in [3.05, 3.63) is 11.8 Å². The molecule has 1 fully saturated rings. The summed E-state index contributed by atoms with van der Waals surface area (Å²) in [6, 6.07) is 0.840. The first kappa shape index (κ1) is 9.78. The Morgan fingerprint density at radius 1 is 1.60 bits per heavy atom. The lowest BCUT2D eigenvalue weighted by Crippen LogP contribution is -2.28. The second-order valence-corrected chi connectivity index (χ2v) is 3.54. The van der Waals surface area contributed by atoms with Crippen LogP contribution in [0.3, 0.4) is 0 Å². The highest BCUT2D eigenvalue weighted by Crippen LogP contribution is 2.24. The maximum absolute atomic E-state index is 5.37. The van der Waals surface area contributed by atoms with Gasteiger partial charge in [0.25, 0.3) is 0 Å². The van der Waals surface area contributed by atoms with Crippen molar-refractivity contribution in [2.75, 3.05) is 12.4 Å². The lowest BCUT2D eigenvalue weighted by molar-refractivity contribution is 0.379. The smallest absolute Gasteiger partial charge is 0.318 e. The molecule has 0 spiro atoms. The highest BCUT2D eigenvalue weighted by molar-refractivity contribution is 5.53. The highest BCUT2D eigenvalue weighted by atomic mass is 16.5. The lowest BCUT2D eigenvalue weighted by Gasteiger charge is -2.27. The van der Waals surface area contributed by atoms with Crippen LogP contribution in [0.5, 0.6) is 6.01 Å². The molecule has 0 aromatic carbocycles. The summed E-state index contributed by atoms with van der Waals surface area (Å²) in [5.74, 6) is 3.26. The van der Waals surface area contributed by atoms with Gasteiger partial charge in [-0.15, -0.1) is 6.42 Å². The van der Waals surface area contributed by atoms with Gasteiger partial charge >= 0.3 is 6.01 Å². The Bertz CT molecular complexity index is 393. The van der Waals surface area contributed by atoms with Crippen molar-refractivity contribution in [3.8, 4) is 18.4 Å². The van der Waals surface area contributed by atoms with Crippen molar-refractivity contribution >= 4 is 5.82 Å². The minimum atomic E-state index is 0.343. The fourth-order valence-corrected chi connectivity index (χ4v) is 1.43. The molecule has 2 rings (SSSR count). The number of methoxy groups -OCH3 is 1. The quantitative estimate of drug-likeness (QED) is 0.755. The molecule has 4 nitrogen and oxygen atoms in total. The maximum atomic E-state index is 5.37. The highest BCUT2D eigenvalue weighted by Gasteiger charge is 2.19. The van der Waals surface area contributed by atoms with Gasteiger partial charge in [-0.3, -0.25) is 0 Å². The number of ether oxygens (including phenoxy) is 1. The molecule has 1 aromatic rings. The Labute approximate surface area is 89.1 Å². The second kappa shape index (κ2) is 4.18. The number of aromatic nitrogens is 2. The van der Waals surface area contributed by atoms with Crippen molar-refractivity contribution in [2.24, 2.45) is 0 Å². The van der Waals surface area contributed by atoms with Crippen molar-refractivity contribution in [2.45, 2.75) is 25.3 Å². The molecule has 0 saturated heterocycles. The largest absolute Gasteiger partial charge is 0.467 e. The number of hydrogen-bond donors (Lipinski definition) is 1. The van der Waals surface area contributed by atoms with Gasteiger partial charge in [-0.05, 0) is 19.3 Å². The Balaban J connectivity index is 2.21. The van der Waals surface area contributed by atoms with Crippen LogP contribution in [0.15, 0.2) is 6.20 Å². The summed E-state index contributed by atoms with van der Waals surface area (Å²) in [4.78, 5) is 8.16. The van der Waals surface area contributed by atoms with Crippen molar-refractivity contribution in [3.63, 3.8) is 0 Å². The first-order chi connectivity index (χ1) is 7.33. The van der Waals surface area contributed by atoms with E-state index in [-0.39, 0.29) is 0 Å². The number of nitrogens with one attached hydrogen (secondary N) is 1. The first-order valence-corrected chi connectivity index (χ1v) is 4.97. The van der Waals surface area contributed by atoms with Gasteiger partial charge < -0.3 is 10.1 Å². The van der Waals surface area contributed by atoms with Crippen LogP contribution in [-0.2, 0) is 0 Å². The molecule has 1 aromatic heterocycles. The zero-order chi connectivity index (χ0) is 10.7. The maximum Gasteiger partial charge on any atom is 0.318 e. The van der Waals surface area contributed by atoms with Gasteiger partial charge in [0.15, 0.2) is 0 Å². The molecular formula is C11H13N3O. The van der Waals surface area contributed by atoms with E-state index in [4.69, 9.17) is 11.2 Å². The molecule has 78 valence electrons. The van der Waals surface area contributed by atoms with E-state index in [1.54, 1.807) is 6.20 Å². The van der Waals surface area contributed by atoms with Crippen LogP contribution in [0.4, 0.5) is 5.82 Å². The first-order valence-electron chi connectivity index (χ1n) is 4.97. The third kappa shape index (κ3) is 2.01. The number of terminal acetylenes is 1. The van der Waals surface area contributed by atoms with E-state index < -0.39 is 0 Å². The molecule has 0 bridgehead atoms. The van der Waals surface area contributed by atoms with Gasteiger partial charge in [0.2, 0.25) is 0 Å². The summed E-state index contributed by atoms with van der Waals surface area (Å²) < 4.78 is 4.96. The van der Waals surface area contributed by atoms with E-state index in [2.05, 4.69) is 21.2 Å². The molecule has 0 atom stereocenters. The van der Waals surface area contributed by atoms with Crippen LogP contribution in [0.2, 0.25) is 0 Å². The van der Waals surface area contributed by atoms with Gasteiger partial charge in [0.1, 0.15) is 5.82 Å². The van der Waals surface area contributed by atoms with Crippen molar-refractivity contribution in [1.29, 1.82) is 0 Å². The Hall–Kier alpha value is -1.76. The van der Waals surface area contributed by atoms with E-state index in [9.17, 15) is 0 Å². The van der Waals surface area contributed by atoms with E-state index in [0.717, 1.165) is 0 Å². The molecule has 0 radical (unpaired) electrons. The average molecular weight is 203 g/mol. The van der Waals surface area contributed by atoms with E-state index >= 15 is 0 Å². The van der Waals surface area contributed by atoms with Crippen LogP contribution in [0.1, 0.15) is 24.8 Å². The zero-order valence-electron chi connectivity index (χ0n) is 8.66. The molecule has 0 unspecified atom stereocenters.